The van der Waals surface area contributed by atoms with Crippen molar-refractivity contribution in [1.29, 1.82) is 0 Å². The number of aliphatic imine (C=N–C) groups is 1. The maximum Gasteiger partial charge on any atom is 0.193 e. The highest BCUT2D eigenvalue weighted by Gasteiger charge is 2.05. The molecule has 0 bridgehead atoms. The van der Waals surface area contributed by atoms with Crippen LogP contribution in [0.1, 0.15) is 23.4 Å². The van der Waals surface area contributed by atoms with Crippen molar-refractivity contribution in [3.63, 3.8) is 0 Å². The monoisotopic (exact) mass is 335 g/mol. The van der Waals surface area contributed by atoms with Gasteiger partial charge in [-0.25, -0.2) is 4.98 Å². The molecule has 1 aromatic heterocycles. The number of nitrogens with two attached hydrogens (primary N) is 1. The predicted octanol–water partition coefficient (Wildman–Crippen LogP) is 3.78. The summed E-state index contributed by atoms with van der Waals surface area (Å²) in [6.07, 6.45) is 0.913. The molecule has 3 rings (SSSR count). The predicted molar refractivity (Wildman–Crippen MR) is 105 cm³/mol. The van der Waals surface area contributed by atoms with Crippen LogP contribution in [-0.2, 0) is 6.54 Å². The highest BCUT2D eigenvalue weighted by molar-refractivity contribution is 5.92. The van der Waals surface area contributed by atoms with Gasteiger partial charge in [-0.3, -0.25) is 4.99 Å². The van der Waals surface area contributed by atoms with E-state index in [1.807, 2.05) is 25.1 Å². The molecule has 0 unspecified atom stereocenters. The topological polar surface area (TPSA) is 68.2 Å². The van der Waals surface area contributed by atoms with E-state index in [1.54, 1.807) is 0 Å². The quantitative estimate of drug-likeness (QED) is 0.423. The summed E-state index contributed by atoms with van der Waals surface area (Å²) in [5.41, 5.74) is 11.6. The van der Waals surface area contributed by atoms with Crippen molar-refractivity contribution in [2.45, 2.75) is 33.7 Å². The fraction of sp³-hybridized carbons (Fsp3) is 0.300. The molecule has 0 aliphatic carbocycles. The number of aromatic nitrogens is 2. The van der Waals surface area contributed by atoms with Crippen molar-refractivity contribution < 1.29 is 0 Å². The van der Waals surface area contributed by atoms with Gasteiger partial charge >= 0.3 is 0 Å². The van der Waals surface area contributed by atoms with E-state index in [4.69, 9.17) is 5.73 Å². The third kappa shape index (κ3) is 4.18. The van der Waals surface area contributed by atoms with Crippen LogP contribution in [0.5, 0.6) is 0 Å². The van der Waals surface area contributed by atoms with Gasteiger partial charge in [0.2, 0.25) is 0 Å². The first kappa shape index (κ1) is 17.0. The van der Waals surface area contributed by atoms with Crippen molar-refractivity contribution in [2.24, 2.45) is 10.7 Å². The van der Waals surface area contributed by atoms with Crippen LogP contribution in [0.25, 0.3) is 11.0 Å². The summed E-state index contributed by atoms with van der Waals surface area (Å²) in [6.45, 7) is 7.74. The molecule has 25 heavy (non-hydrogen) atoms. The van der Waals surface area contributed by atoms with Crippen LogP contribution >= 0.6 is 0 Å². The first-order valence-corrected chi connectivity index (χ1v) is 8.60. The molecule has 3 N–H and O–H groups in total. The highest BCUT2D eigenvalue weighted by atomic mass is 15.1. The normalized spacial score (nSPS) is 11.9. The molecule has 0 aliphatic heterocycles. The average molecular weight is 335 g/mol. The molecule has 2 aromatic carbocycles. The fourth-order valence-corrected chi connectivity index (χ4v) is 3.14. The summed E-state index contributed by atoms with van der Waals surface area (Å²) < 4.78 is 2.23. The van der Waals surface area contributed by atoms with E-state index in [0.717, 1.165) is 30.0 Å². The summed E-state index contributed by atoms with van der Waals surface area (Å²) in [7, 11) is 0. The smallest absolute Gasteiger partial charge is 0.193 e. The largest absolute Gasteiger partial charge is 0.370 e. The Morgan fingerprint density at radius 3 is 2.60 bits per heavy atom. The fourth-order valence-electron chi connectivity index (χ4n) is 3.14. The number of hydrogen-bond acceptors (Lipinski definition) is 2. The number of benzene rings is 2. The SMILES string of the molecule is Cc1cc(C)cc(NC(N)=NCCCn2c(C)nc3ccccc32)c1. The van der Waals surface area contributed by atoms with Crippen LogP contribution < -0.4 is 11.1 Å². The number of rotatable bonds is 5. The summed E-state index contributed by atoms with van der Waals surface area (Å²) in [5.74, 6) is 1.49. The number of nitrogens with zero attached hydrogens (tertiary/aromatic N) is 3. The molecule has 0 amide bonds. The molecular formula is C20H25N5. The average Bonchev–Trinajstić information content (AvgIpc) is 2.86. The van der Waals surface area contributed by atoms with Crippen molar-refractivity contribution in [2.75, 3.05) is 11.9 Å². The number of para-hydroxylation sites is 2. The molecule has 130 valence electrons. The number of imidazole rings is 1. The van der Waals surface area contributed by atoms with E-state index < -0.39 is 0 Å². The number of nitrogens with one attached hydrogen (secondary N) is 1. The zero-order valence-electron chi connectivity index (χ0n) is 15.1. The number of anilines is 1. The number of hydrogen-bond donors (Lipinski definition) is 2. The Labute approximate surface area is 148 Å². The molecule has 0 atom stereocenters. The van der Waals surface area contributed by atoms with Crippen LogP contribution in [0.15, 0.2) is 47.5 Å². The summed E-state index contributed by atoms with van der Waals surface area (Å²) in [4.78, 5) is 9.03. The standard InChI is InChI=1S/C20H25N5/c1-14-11-15(2)13-17(12-14)24-20(21)22-9-6-10-25-16(3)23-18-7-4-5-8-19(18)25/h4-5,7-8,11-13H,6,9-10H2,1-3H3,(H3,21,22,24). The van der Waals surface area contributed by atoms with Gasteiger partial charge in [-0.2, -0.15) is 0 Å². The first-order chi connectivity index (χ1) is 12.0. The zero-order valence-corrected chi connectivity index (χ0v) is 15.1. The lowest BCUT2D eigenvalue weighted by Gasteiger charge is -2.09. The minimum atomic E-state index is 0.456. The van der Waals surface area contributed by atoms with Gasteiger partial charge in [-0.15, -0.1) is 0 Å². The second-order valence-electron chi connectivity index (χ2n) is 6.42. The Kier molecular flexibility index (Phi) is 5.03. The Balaban J connectivity index is 1.58. The second kappa shape index (κ2) is 7.38. The maximum atomic E-state index is 6.01. The first-order valence-electron chi connectivity index (χ1n) is 8.60. The van der Waals surface area contributed by atoms with Crippen LogP contribution in [-0.4, -0.2) is 22.1 Å². The van der Waals surface area contributed by atoms with Crippen LogP contribution in [0, 0.1) is 20.8 Å². The van der Waals surface area contributed by atoms with E-state index in [0.29, 0.717) is 12.5 Å². The molecule has 5 heteroatoms. The Bertz CT molecular complexity index is 887. The van der Waals surface area contributed by atoms with Crippen molar-refractivity contribution >= 4 is 22.7 Å². The molecule has 0 saturated carbocycles. The van der Waals surface area contributed by atoms with E-state index in [9.17, 15) is 0 Å². The van der Waals surface area contributed by atoms with Gasteiger partial charge in [-0.1, -0.05) is 18.2 Å². The molecule has 0 radical (unpaired) electrons. The molecule has 0 fully saturated rings. The lowest BCUT2D eigenvalue weighted by molar-refractivity contribution is 0.649. The van der Waals surface area contributed by atoms with E-state index in [2.05, 4.69) is 58.0 Å². The highest BCUT2D eigenvalue weighted by Crippen LogP contribution is 2.16. The summed E-state index contributed by atoms with van der Waals surface area (Å²) in [5, 5.41) is 3.17. The molecule has 1 heterocycles. The maximum absolute atomic E-state index is 6.01. The summed E-state index contributed by atoms with van der Waals surface area (Å²) in [6, 6.07) is 14.5. The molecule has 0 aliphatic rings. The number of fused-ring (bicyclic) bond motifs is 1. The van der Waals surface area contributed by atoms with Gasteiger partial charge < -0.3 is 15.6 Å². The molecule has 5 nitrogen and oxygen atoms in total. The van der Waals surface area contributed by atoms with E-state index >= 15 is 0 Å². The van der Waals surface area contributed by atoms with Crippen molar-refractivity contribution in [3.8, 4) is 0 Å². The van der Waals surface area contributed by atoms with E-state index in [1.165, 1.54) is 16.6 Å². The third-order valence-electron chi connectivity index (χ3n) is 4.16. The van der Waals surface area contributed by atoms with Gasteiger partial charge in [-0.05, 0) is 62.6 Å². The lowest BCUT2D eigenvalue weighted by atomic mass is 10.1. The van der Waals surface area contributed by atoms with Gasteiger partial charge in [0.25, 0.3) is 0 Å². The zero-order chi connectivity index (χ0) is 17.8. The molecule has 0 saturated heterocycles. The van der Waals surface area contributed by atoms with E-state index in [-0.39, 0.29) is 0 Å². The number of guanidine groups is 1. The van der Waals surface area contributed by atoms with Crippen LogP contribution in [0.4, 0.5) is 5.69 Å². The Hall–Kier alpha value is -2.82. The lowest BCUT2D eigenvalue weighted by Crippen LogP contribution is -2.23. The van der Waals surface area contributed by atoms with Crippen molar-refractivity contribution in [3.05, 3.63) is 59.4 Å². The van der Waals surface area contributed by atoms with Crippen LogP contribution in [0.2, 0.25) is 0 Å². The second-order valence-corrected chi connectivity index (χ2v) is 6.42. The van der Waals surface area contributed by atoms with Gasteiger partial charge in [0.05, 0.1) is 11.0 Å². The minimum Gasteiger partial charge on any atom is -0.370 e. The van der Waals surface area contributed by atoms with Gasteiger partial charge in [0.1, 0.15) is 5.82 Å². The third-order valence-corrected chi connectivity index (χ3v) is 4.16. The summed E-state index contributed by atoms with van der Waals surface area (Å²) >= 11 is 0. The Morgan fingerprint density at radius 1 is 1.12 bits per heavy atom. The van der Waals surface area contributed by atoms with Gasteiger partial charge in [0, 0.05) is 18.8 Å². The van der Waals surface area contributed by atoms with Crippen LogP contribution in [0.3, 0.4) is 0 Å². The Morgan fingerprint density at radius 2 is 1.84 bits per heavy atom. The molecule has 3 aromatic rings. The minimum absolute atomic E-state index is 0.456. The van der Waals surface area contributed by atoms with Gasteiger partial charge in [0.15, 0.2) is 5.96 Å². The van der Waals surface area contributed by atoms with Crippen molar-refractivity contribution in [1.82, 2.24) is 9.55 Å². The number of aryl methyl sites for hydroxylation is 4. The molecular weight excluding hydrogens is 310 g/mol. The molecule has 0 spiro atoms.